The van der Waals surface area contributed by atoms with Gasteiger partial charge in [0.05, 0.1) is 6.54 Å². The lowest BCUT2D eigenvalue weighted by atomic mass is 10.2. The van der Waals surface area contributed by atoms with E-state index < -0.39 is 0 Å². The maximum Gasteiger partial charge on any atom is 0.234 e. The van der Waals surface area contributed by atoms with Crippen LogP contribution >= 0.6 is 11.8 Å². The Morgan fingerprint density at radius 3 is 2.85 bits per heavy atom. The summed E-state index contributed by atoms with van der Waals surface area (Å²) in [6.45, 7) is 3.24. The number of hydrogen-bond donors (Lipinski definition) is 2. The summed E-state index contributed by atoms with van der Waals surface area (Å²) in [5, 5.41) is 7.06. The van der Waals surface area contributed by atoms with Crippen molar-refractivity contribution in [2.75, 3.05) is 12.3 Å². The Labute approximate surface area is 125 Å². The Kier molecular flexibility index (Phi) is 6.40. The molecule has 2 atom stereocenters. The van der Waals surface area contributed by atoms with Gasteiger partial charge in [-0.25, -0.2) is 0 Å². The van der Waals surface area contributed by atoms with E-state index in [1.54, 1.807) is 0 Å². The molecule has 1 fully saturated rings. The van der Waals surface area contributed by atoms with E-state index in [1.807, 2.05) is 42.1 Å². The van der Waals surface area contributed by atoms with Crippen LogP contribution < -0.4 is 10.6 Å². The highest BCUT2D eigenvalue weighted by atomic mass is 32.2. The molecule has 1 aromatic carbocycles. The number of carbonyl (C=O) groups excluding carboxylic acids is 1. The fourth-order valence-electron chi connectivity index (χ4n) is 2.66. The highest BCUT2D eigenvalue weighted by Gasteiger charge is 2.26. The Hall–Kier alpha value is -1.00. The second kappa shape index (κ2) is 8.32. The van der Waals surface area contributed by atoms with Crippen molar-refractivity contribution in [3.63, 3.8) is 0 Å². The fraction of sp³-hybridized carbons (Fsp3) is 0.562. The highest BCUT2D eigenvalue weighted by molar-refractivity contribution is 7.99. The molecule has 4 heteroatoms. The predicted molar refractivity (Wildman–Crippen MR) is 85.9 cm³/mol. The van der Waals surface area contributed by atoms with Crippen LogP contribution in [-0.4, -0.2) is 29.5 Å². The van der Waals surface area contributed by atoms with Gasteiger partial charge >= 0.3 is 0 Å². The minimum atomic E-state index is 0.0843. The molecule has 0 aliphatic heterocycles. The van der Waals surface area contributed by atoms with E-state index in [2.05, 4.69) is 17.6 Å². The Bertz CT molecular complexity index is 410. The van der Waals surface area contributed by atoms with E-state index in [0.29, 0.717) is 24.4 Å². The fourth-order valence-corrected chi connectivity index (χ4v) is 3.88. The van der Waals surface area contributed by atoms with Crippen molar-refractivity contribution in [2.24, 2.45) is 0 Å². The molecule has 0 heterocycles. The molecule has 0 unspecified atom stereocenters. The number of thioether (sulfide) groups is 1. The van der Waals surface area contributed by atoms with Gasteiger partial charge in [0.15, 0.2) is 0 Å². The second-order valence-corrected chi connectivity index (χ2v) is 6.69. The molecule has 0 radical (unpaired) electrons. The Balaban J connectivity index is 1.67. The van der Waals surface area contributed by atoms with Crippen molar-refractivity contribution in [2.45, 2.75) is 44.0 Å². The molecule has 1 aromatic rings. The van der Waals surface area contributed by atoms with Crippen LogP contribution in [0.3, 0.4) is 0 Å². The highest BCUT2D eigenvalue weighted by Crippen LogP contribution is 2.29. The molecule has 2 rings (SSSR count). The van der Waals surface area contributed by atoms with Crippen LogP contribution in [0.4, 0.5) is 0 Å². The van der Waals surface area contributed by atoms with Crippen LogP contribution in [0.5, 0.6) is 0 Å². The van der Waals surface area contributed by atoms with E-state index in [4.69, 9.17) is 0 Å². The smallest absolute Gasteiger partial charge is 0.234 e. The lowest BCUT2D eigenvalue weighted by Gasteiger charge is -2.19. The second-order valence-electron chi connectivity index (χ2n) is 5.17. The summed E-state index contributed by atoms with van der Waals surface area (Å²) < 4.78 is 0. The third kappa shape index (κ3) is 4.84. The molecule has 1 amide bonds. The first-order chi connectivity index (χ1) is 9.79. The van der Waals surface area contributed by atoms with Crippen molar-refractivity contribution in [3.05, 3.63) is 35.9 Å². The maximum absolute atomic E-state index is 11.9. The van der Waals surface area contributed by atoms with E-state index in [0.717, 1.165) is 11.3 Å². The third-order valence-electron chi connectivity index (χ3n) is 3.69. The average Bonchev–Trinajstić information content (AvgIpc) is 2.92. The number of carbonyl (C=O) groups is 1. The quantitative estimate of drug-likeness (QED) is 0.811. The zero-order valence-corrected chi connectivity index (χ0v) is 12.9. The van der Waals surface area contributed by atoms with Gasteiger partial charge in [-0.05, 0) is 24.2 Å². The Morgan fingerprint density at radius 2 is 2.10 bits per heavy atom. The van der Waals surface area contributed by atoms with Crippen LogP contribution in [0.1, 0.15) is 31.7 Å². The predicted octanol–water partition coefficient (Wildman–Crippen LogP) is 2.57. The van der Waals surface area contributed by atoms with Gasteiger partial charge in [0, 0.05) is 17.8 Å². The Morgan fingerprint density at radius 1 is 1.30 bits per heavy atom. The van der Waals surface area contributed by atoms with Gasteiger partial charge in [0.1, 0.15) is 0 Å². The van der Waals surface area contributed by atoms with Crippen LogP contribution in [0.25, 0.3) is 0 Å². The van der Waals surface area contributed by atoms with Gasteiger partial charge in [-0.3, -0.25) is 4.79 Å². The minimum absolute atomic E-state index is 0.0843. The summed E-state index contributed by atoms with van der Waals surface area (Å²) in [7, 11) is 0. The maximum atomic E-state index is 11.9. The van der Waals surface area contributed by atoms with Crippen molar-refractivity contribution in [1.82, 2.24) is 10.6 Å². The van der Waals surface area contributed by atoms with Gasteiger partial charge in [-0.1, -0.05) is 43.7 Å². The molecule has 1 aliphatic rings. The van der Waals surface area contributed by atoms with E-state index >= 15 is 0 Å². The largest absolute Gasteiger partial charge is 0.351 e. The van der Waals surface area contributed by atoms with Crippen LogP contribution in [0, 0.1) is 0 Å². The first-order valence-electron chi connectivity index (χ1n) is 7.45. The summed E-state index contributed by atoms with van der Waals surface area (Å²) in [6.07, 6.45) is 3.76. The molecular weight excluding hydrogens is 268 g/mol. The number of benzene rings is 1. The number of amides is 1. The molecule has 3 nitrogen and oxygen atoms in total. The molecule has 0 aromatic heterocycles. The third-order valence-corrected chi connectivity index (χ3v) is 5.02. The van der Waals surface area contributed by atoms with E-state index in [9.17, 15) is 4.79 Å². The zero-order valence-electron chi connectivity index (χ0n) is 12.1. The van der Waals surface area contributed by atoms with E-state index in [1.165, 1.54) is 19.3 Å². The van der Waals surface area contributed by atoms with Crippen molar-refractivity contribution < 1.29 is 4.79 Å². The summed E-state index contributed by atoms with van der Waals surface area (Å²) in [4.78, 5) is 11.9. The monoisotopic (exact) mass is 292 g/mol. The van der Waals surface area contributed by atoms with Crippen molar-refractivity contribution in [1.29, 1.82) is 0 Å². The first-order valence-corrected chi connectivity index (χ1v) is 8.50. The molecule has 2 N–H and O–H groups in total. The molecule has 110 valence electrons. The number of hydrogen-bond acceptors (Lipinski definition) is 3. The lowest BCUT2D eigenvalue weighted by Crippen LogP contribution is -2.41. The molecule has 1 aliphatic carbocycles. The minimum Gasteiger partial charge on any atom is -0.351 e. The van der Waals surface area contributed by atoms with Gasteiger partial charge < -0.3 is 10.6 Å². The summed E-state index contributed by atoms with van der Waals surface area (Å²) in [5.74, 6) is 1.24. The van der Waals surface area contributed by atoms with Gasteiger partial charge in [-0.2, -0.15) is 11.8 Å². The molecule has 0 bridgehead atoms. The summed E-state index contributed by atoms with van der Waals surface area (Å²) in [5.41, 5.74) is 1.14. The van der Waals surface area contributed by atoms with Gasteiger partial charge in [0.2, 0.25) is 5.91 Å². The SMILES string of the molecule is CCS[C@@H]1CCC[C@H]1NCC(=O)NCc1ccccc1. The number of rotatable bonds is 7. The van der Waals surface area contributed by atoms with E-state index in [-0.39, 0.29) is 5.91 Å². The van der Waals surface area contributed by atoms with Crippen LogP contribution in [0.2, 0.25) is 0 Å². The van der Waals surface area contributed by atoms with Crippen LogP contribution in [0.15, 0.2) is 30.3 Å². The van der Waals surface area contributed by atoms with Gasteiger partial charge in [-0.15, -0.1) is 0 Å². The van der Waals surface area contributed by atoms with Crippen molar-refractivity contribution >= 4 is 17.7 Å². The standard InChI is InChI=1S/C16H24N2OS/c1-2-20-15-10-6-9-14(15)17-12-16(19)18-11-13-7-4-3-5-8-13/h3-5,7-8,14-15,17H,2,6,9-12H2,1H3,(H,18,19)/t14-,15-/m1/s1. The van der Waals surface area contributed by atoms with Crippen LogP contribution in [-0.2, 0) is 11.3 Å². The summed E-state index contributed by atoms with van der Waals surface area (Å²) in [6, 6.07) is 10.5. The molecular formula is C16H24N2OS. The molecule has 1 saturated carbocycles. The first kappa shape index (κ1) is 15.4. The molecule has 20 heavy (non-hydrogen) atoms. The lowest BCUT2D eigenvalue weighted by molar-refractivity contribution is -0.120. The molecule has 0 saturated heterocycles. The topological polar surface area (TPSA) is 41.1 Å². The molecule has 0 spiro atoms. The normalized spacial score (nSPS) is 21.9. The number of nitrogens with one attached hydrogen (secondary N) is 2. The summed E-state index contributed by atoms with van der Waals surface area (Å²) >= 11 is 2.01. The zero-order chi connectivity index (χ0) is 14.2. The van der Waals surface area contributed by atoms with Gasteiger partial charge in [0.25, 0.3) is 0 Å². The van der Waals surface area contributed by atoms with Crippen molar-refractivity contribution in [3.8, 4) is 0 Å². The average molecular weight is 292 g/mol.